The van der Waals surface area contributed by atoms with E-state index in [1.165, 1.54) is 12.0 Å². The Balaban J connectivity index is 1.90. The molecule has 1 aliphatic rings. The summed E-state index contributed by atoms with van der Waals surface area (Å²) in [5, 5.41) is 3.53. The number of hydrogen-bond acceptors (Lipinski definition) is 3. The topological polar surface area (TPSA) is 50.9 Å². The van der Waals surface area contributed by atoms with Gasteiger partial charge < -0.3 is 11.1 Å². The molecule has 1 aromatic heterocycles. The SMILES string of the molecule is Cc1ccc(C(CN)NCC2CC2C)cn1. The second kappa shape index (κ2) is 4.93. The first-order valence-electron chi connectivity index (χ1n) is 6.06. The number of hydrogen-bond donors (Lipinski definition) is 2. The van der Waals surface area contributed by atoms with Gasteiger partial charge in [0.15, 0.2) is 0 Å². The van der Waals surface area contributed by atoms with Crippen molar-refractivity contribution in [2.24, 2.45) is 17.6 Å². The summed E-state index contributed by atoms with van der Waals surface area (Å²) < 4.78 is 0. The van der Waals surface area contributed by atoms with Gasteiger partial charge in [0, 0.05) is 24.5 Å². The van der Waals surface area contributed by atoms with Crippen molar-refractivity contribution in [2.45, 2.75) is 26.3 Å². The molecule has 0 saturated heterocycles. The zero-order valence-corrected chi connectivity index (χ0v) is 10.1. The molecule has 1 aromatic rings. The van der Waals surface area contributed by atoms with Crippen LogP contribution in [0.25, 0.3) is 0 Å². The smallest absolute Gasteiger partial charge is 0.0459 e. The quantitative estimate of drug-likeness (QED) is 0.791. The number of pyridine rings is 1. The fourth-order valence-electron chi connectivity index (χ4n) is 2.00. The first-order valence-corrected chi connectivity index (χ1v) is 6.06. The van der Waals surface area contributed by atoms with Crippen molar-refractivity contribution in [3.8, 4) is 0 Å². The molecule has 1 fully saturated rings. The monoisotopic (exact) mass is 219 g/mol. The highest BCUT2D eigenvalue weighted by molar-refractivity contribution is 5.17. The van der Waals surface area contributed by atoms with Gasteiger partial charge in [0.2, 0.25) is 0 Å². The van der Waals surface area contributed by atoms with E-state index in [9.17, 15) is 0 Å². The maximum Gasteiger partial charge on any atom is 0.0459 e. The molecule has 1 aliphatic carbocycles. The zero-order chi connectivity index (χ0) is 11.5. The van der Waals surface area contributed by atoms with Crippen molar-refractivity contribution >= 4 is 0 Å². The van der Waals surface area contributed by atoms with Crippen molar-refractivity contribution in [3.63, 3.8) is 0 Å². The Morgan fingerprint density at radius 3 is 2.81 bits per heavy atom. The van der Waals surface area contributed by atoms with E-state index in [1.54, 1.807) is 0 Å². The summed E-state index contributed by atoms with van der Waals surface area (Å²) in [6.07, 6.45) is 3.28. The predicted molar refractivity (Wildman–Crippen MR) is 66.0 cm³/mol. The van der Waals surface area contributed by atoms with E-state index in [1.807, 2.05) is 19.2 Å². The molecule has 1 heterocycles. The number of rotatable bonds is 5. The van der Waals surface area contributed by atoms with Crippen LogP contribution >= 0.6 is 0 Å². The molecule has 0 bridgehead atoms. The van der Waals surface area contributed by atoms with Gasteiger partial charge in [-0.3, -0.25) is 4.98 Å². The van der Waals surface area contributed by atoms with E-state index in [0.29, 0.717) is 6.54 Å². The van der Waals surface area contributed by atoms with E-state index < -0.39 is 0 Å². The van der Waals surface area contributed by atoms with Crippen molar-refractivity contribution in [3.05, 3.63) is 29.6 Å². The molecule has 0 radical (unpaired) electrons. The van der Waals surface area contributed by atoms with Crippen LogP contribution in [-0.2, 0) is 0 Å². The summed E-state index contributed by atoms with van der Waals surface area (Å²) >= 11 is 0. The average molecular weight is 219 g/mol. The summed E-state index contributed by atoms with van der Waals surface area (Å²) in [4.78, 5) is 4.31. The fourth-order valence-corrected chi connectivity index (χ4v) is 2.00. The fraction of sp³-hybridized carbons (Fsp3) is 0.615. The summed E-state index contributed by atoms with van der Waals surface area (Å²) in [7, 11) is 0. The first kappa shape index (κ1) is 11.6. The molecule has 3 N–H and O–H groups in total. The predicted octanol–water partition coefficient (Wildman–Crippen LogP) is 1.64. The van der Waals surface area contributed by atoms with Crippen molar-refractivity contribution < 1.29 is 0 Å². The molecular weight excluding hydrogens is 198 g/mol. The Morgan fingerprint density at radius 1 is 1.56 bits per heavy atom. The summed E-state index contributed by atoms with van der Waals surface area (Å²) in [5.74, 6) is 1.74. The van der Waals surface area contributed by atoms with Crippen LogP contribution in [0.15, 0.2) is 18.3 Å². The number of nitrogens with one attached hydrogen (secondary N) is 1. The van der Waals surface area contributed by atoms with Gasteiger partial charge >= 0.3 is 0 Å². The van der Waals surface area contributed by atoms with Gasteiger partial charge in [-0.2, -0.15) is 0 Å². The normalized spacial score (nSPS) is 25.4. The zero-order valence-electron chi connectivity index (χ0n) is 10.1. The van der Waals surface area contributed by atoms with Crippen LogP contribution < -0.4 is 11.1 Å². The third-order valence-electron chi connectivity index (χ3n) is 3.47. The molecule has 0 aliphatic heterocycles. The molecule has 3 atom stereocenters. The minimum atomic E-state index is 0.251. The van der Waals surface area contributed by atoms with E-state index in [-0.39, 0.29) is 6.04 Å². The van der Waals surface area contributed by atoms with Crippen LogP contribution in [0.4, 0.5) is 0 Å². The van der Waals surface area contributed by atoms with Crippen LogP contribution in [0.5, 0.6) is 0 Å². The second-order valence-electron chi connectivity index (χ2n) is 4.90. The van der Waals surface area contributed by atoms with Crippen LogP contribution in [0.2, 0.25) is 0 Å². The molecule has 16 heavy (non-hydrogen) atoms. The Hall–Kier alpha value is -0.930. The van der Waals surface area contributed by atoms with Gasteiger partial charge in [-0.1, -0.05) is 13.0 Å². The average Bonchev–Trinajstić information content (AvgIpc) is 2.98. The highest BCUT2D eigenvalue weighted by atomic mass is 14.9. The maximum absolute atomic E-state index is 5.79. The maximum atomic E-state index is 5.79. The lowest BCUT2D eigenvalue weighted by atomic mass is 10.1. The number of nitrogens with zero attached hydrogens (tertiary/aromatic N) is 1. The van der Waals surface area contributed by atoms with Gasteiger partial charge in [0.25, 0.3) is 0 Å². The second-order valence-corrected chi connectivity index (χ2v) is 4.90. The van der Waals surface area contributed by atoms with Gasteiger partial charge in [0.1, 0.15) is 0 Å². The van der Waals surface area contributed by atoms with Crippen molar-refractivity contribution in [1.82, 2.24) is 10.3 Å². The van der Waals surface area contributed by atoms with Crippen LogP contribution in [0, 0.1) is 18.8 Å². The summed E-state index contributed by atoms with van der Waals surface area (Å²) in [5.41, 5.74) is 8.04. The molecule has 2 rings (SSSR count). The van der Waals surface area contributed by atoms with Crippen LogP contribution in [0.3, 0.4) is 0 Å². The van der Waals surface area contributed by atoms with E-state index in [0.717, 1.165) is 24.1 Å². The summed E-state index contributed by atoms with van der Waals surface area (Å²) in [6, 6.07) is 4.41. The Morgan fingerprint density at radius 2 is 2.31 bits per heavy atom. The minimum Gasteiger partial charge on any atom is -0.329 e. The van der Waals surface area contributed by atoms with Gasteiger partial charge in [-0.25, -0.2) is 0 Å². The summed E-state index contributed by atoms with van der Waals surface area (Å²) in [6.45, 7) is 6.01. The molecule has 0 spiro atoms. The van der Waals surface area contributed by atoms with E-state index in [2.05, 4.69) is 23.3 Å². The molecule has 0 aromatic carbocycles. The Bertz CT molecular complexity index is 334. The molecular formula is C13H21N3. The first-order chi connectivity index (χ1) is 7.70. The molecule has 3 unspecified atom stereocenters. The lowest BCUT2D eigenvalue weighted by molar-refractivity contribution is 0.510. The van der Waals surface area contributed by atoms with Gasteiger partial charge in [-0.05, 0) is 43.4 Å². The van der Waals surface area contributed by atoms with Crippen LogP contribution in [-0.4, -0.2) is 18.1 Å². The third kappa shape index (κ3) is 2.80. The highest BCUT2D eigenvalue weighted by Gasteiger charge is 2.32. The lowest BCUT2D eigenvalue weighted by Crippen LogP contribution is -2.30. The molecule has 0 amide bonds. The van der Waals surface area contributed by atoms with Gasteiger partial charge in [-0.15, -0.1) is 0 Å². The molecule has 3 heteroatoms. The van der Waals surface area contributed by atoms with Crippen molar-refractivity contribution in [1.29, 1.82) is 0 Å². The largest absolute Gasteiger partial charge is 0.329 e. The third-order valence-corrected chi connectivity index (χ3v) is 3.47. The van der Waals surface area contributed by atoms with E-state index >= 15 is 0 Å². The van der Waals surface area contributed by atoms with E-state index in [4.69, 9.17) is 5.73 Å². The standard InChI is InChI=1S/C13H21N3/c1-9-5-12(9)8-16-13(6-14)11-4-3-10(2)15-7-11/h3-4,7,9,12-13,16H,5-6,8,14H2,1-2H3. The minimum absolute atomic E-state index is 0.251. The number of aryl methyl sites for hydroxylation is 1. The van der Waals surface area contributed by atoms with Gasteiger partial charge in [0.05, 0.1) is 0 Å². The molecule has 88 valence electrons. The number of nitrogens with two attached hydrogens (primary N) is 1. The molecule has 1 saturated carbocycles. The Labute approximate surface area is 97.5 Å². The Kier molecular flexibility index (Phi) is 3.56. The van der Waals surface area contributed by atoms with Crippen molar-refractivity contribution in [2.75, 3.05) is 13.1 Å². The lowest BCUT2D eigenvalue weighted by Gasteiger charge is -2.17. The molecule has 3 nitrogen and oxygen atoms in total. The van der Waals surface area contributed by atoms with Crippen LogP contribution in [0.1, 0.15) is 30.6 Å². The highest BCUT2D eigenvalue weighted by Crippen LogP contribution is 2.37. The number of aromatic nitrogens is 1.